The predicted octanol–water partition coefficient (Wildman–Crippen LogP) is 1.29. The van der Waals surface area contributed by atoms with E-state index in [0.717, 1.165) is 4.90 Å². The third-order valence-electron chi connectivity index (χ3n) is 3.63. The van der Waals surface area contributed by atoms with Gasteiger partial charge in [-0.1, -0.05) is 29.3 Å². The molecule has 2 N–H and O–H groups in total. The van der Waals surface area contributed by atoms with E-state index in [2.05, 4.69) is 5.32 Å². The molecular weight excluding hydrogens is 341 g/mol. The largest absolute Gasteiger partial charge is 0.450 e. The summed E-state index contributed by atoms with van der Waals surface area (Å²) in [5.41, 5.74) is 0.508. The average molecular weight is 361 g/mol. The van der Waals surface area contributed by atoms with Gasteiger partial charge in [-0.05, 0) is 19.1 Å². The maximum Gasteiger partial charge on any atom is 0.410 e. The lowest BCUT2D eigenvalue weighted by Crippen LogP contribution is -3.15. The molecule has 0 aromatic heterocycles. The van der Waals surface area contributed by atoms with Gasteiger partial charge >= 0.3 is 6.09 Å². The van der Waals surface area contributed by atoms with Crippen molar-refractivity contribution in [3.05, 3.63) is 28.2 Å². The fourth-order valence-corrected chi connectivity index (χ4v) is 2.77. The van der Waals surface area contributed by atoms with Gasteiger partial charge in [0.05, 0.1) is 48.5 Å². The Hall–Kier alpha value is -1.50. The number of ether oxygens (including phenoxy) is 1. The number of anilines is 1. The van der Waals surface area contributed by atoms with Gasteiger partial charge in [-0.2, -0.15) is 0 Å². The molecular formula is C15H20Cl2N3O3+. The number of halogens is 2. The van der Waals surface area contributed by atoms with Crippen LogP contribution in [0.15, 0.2) is 18.2 Å². The molecule has 0 bridgehead atoms. The molecule has 1 aromatic carbocycles. The fourth-order valence-electron chi connectivity index (χ4n) is 2.42. The Labute approximate surface area is 145 Å². The standard InChI is InChI=1S/C15H19Cl2N3O3/c1-2-23-15(22)20-8-6-19(7-9-20)10-13(21)18-12-5-3-4-11(16)14(12)17/h3-5H,2,6-10H2,1H3,(H,18,21)/p+1. The molecule has 1 aliphatic heterocycles. The van der Waals surface area contributed by atoms with Crippen molar-refractivity contribution in [2.45, 2.75) is 6.92 Å². The normalized spacial score (nSPS) is 15.3. The molecule has 1 aliphatic rings. The van der Waals surface area contributed by atoms with E-state index in [1.807, 2.05) is 0 Å². The summed E-state index contributed by atoms with van der Waals surface area (Å²) < 4.78 is 4.97. The Morgan fingerprint density at radius 3 is 2.65 bits per heavy atom. The van der Waals surface area contributed by atoms with Crippen LogP contribution in [0.2, 0.25) is 10.0 Å². The topological polar surface area (TPSA) is 63.1 Å². The second-order valence-corrected chi connectivity index (χ2v) is 6.05. The number of carbonyl (C=O) groups excluding carboxylic acids is 2. The third kappa shape index (κ3) is 4.99. The highest BCUT2D eigenvalue weighted by Gasteiger charge is 2.26. The van der Waals surface area contributed by atoms with Gasteiger partial charge in [-0.3, -0.25) is 9.69 Å². The minimum absolute atomic E-state index is 0.131. The summed E-state index contributed by atoms with van der Waals surface area (Å²) in [5, 5.41) is 3.51. The van der Waals surface area contributed by atoms with Crippen molar-refractivity contribution in [3.63, 3.8) is 0 Å². The van der Waals surface area contributed by atoms with Crippen LogP contribution >= 0.6 is 23.2 Å². The molecule has 0 saturated carbocycles. The molecule has 1 aromatic rings. The summed E-state index contributed by atoms with van der Waals surface area (Å²) in [6, 6.07) is 5.11. The van der Waals surface area contributed by atoms with Crippen molar-refractivity contribution in [1.29, 1.82) is 0 Å². The Kier molecular flexibility index (Phi) is 6.50. The number of hydrogen-bond donors (Lipinski definition) is 2. The maximum absolute atomic E-state index is 12.1. The first kappa shape index (κ1) is 17.8. The van der Waals surface area contributed by atoms with Crippen molar-refractivity contribution in [2.24, 2.45) is 0 Å². The Bertz CT molecular complexity index is 575. The van der Waals surface area contributed by atoms with Crippen LogP contribution in [0, 0.1) is 0 Å². The molecule has 6 nitrogen and oxygen atoms in total. The number of amides is 2. The number of hydrogen-bond acceptors (Lipinski definition) is 3. The summed E-state index contributed by atoms with van der Waals surface area (Å²) in [7, 11) is 0. The second kappa shape index (κ2) is 8.38. The highest BCUT2D eigenvalue weighted by molar-refractivity contribution is 6.43. The molecule has 23 heavy (non-hydrogen) atoms. The lowest BCUT2D eigenvalue weighted by molar-refractivity contribution is -0.895. The van der Waals surface area contributed by atoms with Crippen LogP contribution in [0.25, 0.3) is 0 Å². The van der Waals surface area contributed by atoms with E-state index in [-0.39, 0.29) is 12.0 Å². The van der Waals surface area contributed by atoms with E-state index in [9.17, 15) is 9.59 Å². The summed E-state index contributed by atoms with van der Waals surface area (Å²) >= 11 is 12.0. The maximum atomic E-state index is 12.1. The summed E-state index contributed by atoms with van der Waals surface area (Å²) in [5.74, 6) is -0.131. The number of rotatable bonds is 4. The molecule has 2 rings (SSSR count). The smallest absolute Gasteiger partial charge is 0.410 e. The van der Waals surface area contributed by atoms with Gasteiger partial charge in [0.2, 0.25) is 0 Å². The summed E-state index contributed by atoms with van der Waals surface area (Å²) in [6.07, 6.45) is -0.290. The van der Waals surface area contributed by atoms with Gasteiger partial charge in [-0.15, -0.1) is 0 Å². The molecule has 0 atom stereocenters. The molecule has 2 amide bonds. The summed E-state index contributed by atoms with van der Waals surface area (Å²) in [4.78, 5) is 26.5. The first-order valence-electron chi connectivity index (χ1n) is 7.50. The third-order valence-corrected chi connectivity index (χ3v) is 4.45. The van der Waals surface area contributed by atoms with Crippen LogP contribution in [-0.2, 0) is 9.53 Å². The first-order chi connectivity index (χ1) is 11.0. The van der Waals surface area contributed by atoms with Crippen LogP contribution in [0.5, 0.6) is 0 Å². The first-order valence-corrected chi connectivity index (χ1v) is 8.26. The SMILES string of the molecule is CCOC(=O)N1CC[NH+](CC(=O)Nc2cccc(Cl)c2Cl)CC1. The fraction of sp³-hybridized carbons (Fsp3) is 0.467. The molecule has 0 spiro atoms. The van der Waals surface area contributed by atoms with E-state index >= 15 is 0 Å². The molecule has 8 heteroatoms. The zero-order valence-electron chi connectivity index (χ0n) is 12.9. The van der Waals surface area contributed by atoms with Gasteiger partial charge in [0.15, 0.2) is 6.54 Å². The molecule has 0 unspecified atom stereocenters. The molecule has 1 heterocycles. The minimum atomic E-state index is -0.290. The monoisotopic (exact) mass is 360 g/mol. The van der Waals surface area contributed by atoms with Crippen LogP contribution < -0.4 is 10.2 Å². The number of carbonyl (C=O) groups is 2. The number of quaternary nitrogens is 1. The van der Waals surface area contributed by atoms with Crippen LogP contribution in [0.1, 0.15) is 6.92 Å². The molecule has 0 radical (unpaired) electrons. The van der Waals surface area contributed by atoms with Gasteiger partial charge < -0.3 is 15.0 Å². The zero-order valence-corrected chi connectivity index (χ0v) is 14.4. The van der Waals surface area contributed by atoms with Crippen molar-refractivity contribution >= 4 is 40.9 Å². The van der Waals surface area contributed by atoms with Crippen LogP contribution in [0.4, 0.5) is 10.5 Å². The van der Waals surface area contributed by atoms with Crippen molar-refractivity contribution in [2.75, 3.05) is 44.6 Å². The summed E-state index contributed by atoms with van der Waals surface area (Å²) in [6.45, 7) is 5.04. The number of nitrogens with zero attached hydrogens (tertiary/aromatic N) is 1. The highest BCUT2D eigenvalue weighted by Crippen LogP contribution is 2.29. The van der Waals surface area contributed by atoms with E-state index in [1.54, 1.807) is 30.0 Å². The molecule has 0 aliphatic carbocycles. The van der Waals surface area contributed by atoms with Crippen molar-refractivity contribution in [3.8, 4) is 0 Å². The number of benzene rings is 1. The Morgan fingerprint density at radius 1 is 1.30 bits per heavy atom. The van der Waals surface area contributed by atoms with Crippen LogP contribution in [0.3, 0.4) is 0 Å². The Morgan fingerprint density at radius 2 is 2.00 bits per heavy atom. The quantitative estimate of drug-likeness (QED) is 0.850. The minimum Gasteiger partial charge on any atom is -0.450 e. The van der Waals surface area contributed by atoms with Crippen molar-refractivity contribution in [1.82, 2.24) is 4.90 Å². The lowest BCUT2D eigenvalue weighted by atomic mass is 10.3. The van der Waals surface area contributed by atoms with Gasteiger partial charge in [0.1, 0.15) is 0 Å². The van der Waals surface area contributed by atoms with E-state index < -0.39 is 0 Å². The second-order valence-electron chi connectivity index (χ2n) is 5.26. The van der Waals surface area contributed by atoms with Gasteiger partial charge in [0.25, 0.3) is 5.91 Å². The van der Waals surface area contributed by atoms with E-state index in [0.29, 0.717) is 55.1 Å². The number of nitrogens with one attached hydrogen (secondary N) is 2. The zero-order chi connectivity index (χ0) is 16.8. The highest BCUT2D eigenvalue weighted by atomic mass is 35.5. The predicted molar refractivity (Wildman–Crippen MR) is 89.3 cm³/mol. The van der Waals surface area contributed by atoms with E-state index in [1.165, 1.54) is 0 Å². The van der Waals surface area contributed by atoms with Gasteiger partial charge in [0, 0.05) is 0 Å². The van der Waals surface area contributed by atoms with Crippen molar-refractivity contribution < 1.29 is 19.2 Å². The average Bonchev–Trinajstić information content (AvgIpc) is 2.53. The lowest BCUT2D eigenvalue weighted by Gasteiger charge is -2.31. The van der Waals surface area contributed by atoms with E-state index in [4.69, 9.17) is 27.9 Å². The number of piperazine rings is 1. The molecule has 1 saturated heterocycles. The molecule has 1 fully saturated rings. The van der Waals surface area contributed by atoms with Crippen LogP contribution in [-0.4, -0.2) is 56.2 Å². The van der Waals surface area contributed by atoms with Gasteiger partial charge in [-0.25, -0.2) is 4.79 Å². The molecule has 126 valence electrons. The Balaban J connectivity index is 1.81.